The molecule has 3 aromatic rings. The standard InChI is InChI=1S/C22H23FN4O2/c1-13-9-14(2)21(15(3)10-13)26-20(28)12-24-22(29)19-11-25-27(16(19)4)18-7-5-17(23)6-8-18/h5-11H,12H2,1-4H3,(H,24,29)(H,26,28). The van der Waals surface area contributed by atoms with Gasteiger partial charge in [-0.2, -0.15) is 5.10 Å². The van der Waals surface area contributed by atoms with Crippen LogP contribution in [0, 0.1) is 33.5 Å². The fourth-order valence-electron chi connectivity index (χ4n) is 3.29. The number of aromatic nitrogens is 2. The molecule has 0 fully saturated rings. The largest absolute Gasteiger partial charge is 0.343 e. The molecular formula is C22H23FN4O2. The summed E-state index contributed by atoms with van der Waals surface area (Å²) in [4.78, 5) is 24.8. The van der Waals surface area contributed by atoms with Crippen molar-refractivity contribution < 1.29 is 14.0 Å². The Balaban J connectivity index is 1.65. The van der Waals surface area contributed by atoms with Gasteiger partial charge in [-0.25, -0.2) is 9.07 Å². The molecule has 0 saturated carbocycles. The van der Waals surface area contributed by atoms with E-state index in [1.165, 1.54) is 18.3 Å². The van der Waals surface area contributed by atoms with E-state index in [2.05, 4.69) is 15.7 Å². The quantitative estimate of drug-likeness (QED) is 0.694. The van der Waals surface area contributed by atoms with Crippen molar-refractivity contribution in [1.82, 2.24) is 15.1 Å². The molecular weight excluding hydrogens is 371 g/mol. The van der Waals surface area contributed by atoms with E-state index in [1.807, 2.05) is 32.9 Å². The minimum Gasteiger partial charge on any atom is -0.343 e. The molecule has 0 aliphatic heterocycles. The molecule has 0 unspecified atom stereocenters. The average molecular weight is 394 g/mol. The molecule has 1 heterocycles. The summed E-state index contributed by atoms with van der Waals surface area (Å²) >= 11 is 0. The van der Waals surface area contributed by atoms with Crippen LogP contribution in [-0.2, 0) is 4.79 Å². The summed E-state index contributed by atoms with van der Waals surface area (Å²) in [6, 6.07) is 9.81. The molecule has 2 aromatic carbocycles. The molecule has 0 radical (unpaired) electrons. The lowest BCUT2D eigenvalue weighted by atomic mass is 10.1. The van der Waals surface area contributed by atoms with Crippen molar-refractivity contribution in [2.24, 2.45) is 0 Å². The summed E-state index contributed by atoms with van der Waals surface area (Å²) in [5.74, 6) is -1.05. The molecule has 29 heavy (non-hydrogen) atoms. The van der Waals surface area contributed by atoms with Gasteiger partial charge < -0.3 is 10.6 Å². The molecule has 0 aliphatic rings. The van der Waals surface area contributed by atoms with Crippen molar-refractivity contribution in [3.63, 3.8) is 0 Å². The van der Waals surface area contributed by atoms with Gasteiger partial charge in [-0.3, -0.25) is 9.59 Å². The van der Waals surface area contributed by atoms with Gasteiger partial charge in [0.25, 0.3) is 5.91 Å². The van der Waals surface area contributed by atoms with Gasteiger partial charge in [0.15, 0.2) is 0 Å². The maximum Gasteiger partial charge on any atom is 0.255 e. The third kappa shape index (κ3) is 4.51. The second-order valence-corrected chi connectivity index (χ2v) is 7.04. The van der Waals surface area contributed by atoms with Crippen molar-refractivity contribution in [1.29, 1.82) is 0 Å². The predicted octanol–water partition coefficient (Wildman–Crippen LogP) is 3.61. The summed E-state index contributed by atoms with van der Waals surface area (Å²) < 4.78 is 14.7. The van der Waals surface area contributed by atoms with Gasteiger partial charge >= 0.3 is 0 Å². The molecule has 7 heteroatoms. The maximum absolute atomic E-state index is 13.1. The summed E-state index contributed by atoms with van der Waals surface area (Å²) in [5, 5.41) is 9.67. The molecule has 0 aliphatic carbocycles. The van der Waals surface area contributed by atoms with Crippen molar-refractivity contribution in [2.45, 2.75) is 27.7 Å². The van der Waals surface area contributed by atoms with E-state index in [4.69, 9.17) is 0 Å². The van der Waals surface area contributed by atoms with Crippen molar-refractivity contribution in [3.8, 4) is 5.69 Å². The van der Waals surface area contributed by atoms with E-state index in [9.17, 15) is 14.0 Å². The molecule has 0 bridgehead atoms. The van der Waals surface area contributed by atoms with E-state index < -0.39 is 5.91 Å². The van der Waals surface area contributed by atoms with E-state index >= 15 is 0 Å². The second kappa shape index (κ2) is 8.26. The topological polar surface area (TPSA) is 76.0 Å². The van der Waals surface area contributed by atoms with Gasteiger partial charge in [0.1, 0.15) is 5.82 Å². The first kappa shape index (κ1) is 20.3. The molecule has 150 valence electrons. The first-order valence-corrected chi connectivity index (χ1v) is 9.22. The number of nitrogens with one attached hydrogen (secondary N) is 2. The Morgan fingerprint density at radius 1 is 1.03 bits per heavy atom. The van der Waals surface area contributed by atoms with Gasteiger partial charge in [0.2, 0.25) is 5.91 Å². The minimum atomic E-state index is -0.400. The Labute approximate surface area is 168 Å². The first-order valence-electron chi connectivity index (χ1n) is 9.22. The Morgan fingerprint density at radius 3 is 2.28 bits per heavy atom. The summed E-state index contributed by atoms with van der Waals surface area (Å²) in [5.41, 5.74) is 5.42. The van der Waals surface area contributed by atoms with Crippen LogP contribution in [0.1, 0.15) is 32.7 Å². The van der Waals surface area contributed by atoms with E-state index in [-0.39, 0.29) is 18.3 Å². The molecule has 2 amide bonds. The minimum absolute atomic E-state index is 0.160. The van der Waals surface area contributed by atoms with E-state index in [0.717, 1.165) is 22.4 Å². The SMILES string of the molecule is Cc1cc(C)c(NC(=O)CNC(=O)c2cnn(-c3ccc(F)cc3)c2C)c(C)c1. The van der Waals surface area contributed by atoms with Crippen LogP contribution in [-0.4, -0.2) is 28.1 Å². The molecule has 6 nitrogen and oxygen atoms in total. The number of nitrogens with zero attached hydrogens (tertiary/aromatic N) is 2. The summed E-state index contributed by atoms with van der Waals surface area (Å²) in [6.45, 7) is 7.44. The smallest absolute Gasteiger partial charge is 0.255 e. The number of anilines is 1. The van der Waals surface area contributed by atoms with Crippen LogP contribution in [0.3, 0.4) is 0 Å². The van der Waals surface area contributed by atoms with E-state index in [0.29, 0.717) is 16.9 Å². The molecule has 0 spiro atoms. The number of halogens is 1. The van der Waals surface area contributed by atoms with Crippen LogP contribution in [0.15, 0.2) is 42.6 Å². The molecule has 1 aromatic heterocycles. The number of hydrogen-bond acceptors (Lipinski definition) is 3. The number of carbonyl (C=O) groups excluding carboxylic acids is 2. The van der Waals surface area contributed by atoms with Crippen LogP contribution >= 0.6 is 0 Å². The average Bonchev–Trinajstić information content (AvgIpc) is 3.05. The number of aryl methyl sites for hydroxylation is 3. The number of benzene rings is 2. The molecule has 0 saturated heterocycles. The zero-order chi connectivity index (χ0) is 21.1. The van der Waals surface area contributed by atoms with Crippen LogP contribution in [0.2, 0.25) is 0 Å². The highest BCUT2D eigenvalue weighted by atomic mass is 19.1. The third-order valence-electron chi connectivity index (χ3n) is 4.68. The van der Waals surface area contributed by atoms with Gasteiger partial charge in [0.05, 0.1) is 29.7 Å². The van der Waals surface area contributed by atoms with Gasteiger partial charge in [0, 0.05) is 5.69 Å². The number of amides is 2. The van der Waals surface area contributed by atoms with Gasteiger partial charge in [-0.05, 0) is 63.1 Å². The van der Waals surface area contributed by atoms with Crippen LogP contribution in [0.4, 0.5) is 10.1 Å². The summed E-state index contributed by atoms with van der Waals surface area (Å²) in [6.07, 6.45) is 1.43. The zero-order valence-electron chi connectivity index (χ0n) is 16.8. The van der Waals surface area contributed by atoms with Gasteiger partial charge in [-0.15, -0.1) is 0 Å². The highest BCUT2D eigenvalue weighted by molar-refractivity contribution is 6.00. The lowest BCUT2D eigenvalue weighted by Crippen LogP contribution is -2.33. The predicted molar refractivity (Wildman–Crippen MR) is 110 cm³/mol. The Bertz CT molecular complexity index is 1050. The highest BCUT2D eigenvalue weighted by Crippen LogP contribution is 2.21. The first-order chi connectivity index (χ1) is 13.8. The Hall–Kier alpha value is -3.48. The second-order valence-electron chi connectivity index (χ2n) is 7.04. The maximum atomic E-state index is 13.1. The number of carbonyl (C=O) groups is 2. The third-order valence-corrected chi connectivity index (χ3v) is 4.68. The molecule has 2 N–H and O–H groups in total. The lowest BCUT2D eigenvalue weighted by molar-refractivity contribution is -0.115. The normalized spacial score (nSPS) is 10.7. The lowest BCUT2D eigenvalue weighted by Gasteiger charge is -2.13. The highest BCUT2D eigenvalue weighted by Gasteiger charge is 2.16. The monoisotopic (exact) mass is 394 g/mol. The van der Waals surface area contributed by atoms with Gasteiger partial charge in [-0.1, -0.05) is 17.7 Å². The van der Waals surface area contributed by atoms with Crippen LogP contribution < -0.4 is 10.6 Å². The van der Waals surface area contributed by atoms with Crippen LogP contribution in [0.5, 0.6) is 0 Å². The van der Waals surface area contributed by atoms with Crippen molar-refractivity contribution in [3.05, 3.63) is 76.4 Å². The fraction of sp³-hybridized carbons (Fsp3) is 0.227. The Morgan fingerprint density at radius 2 is 1.66 bits per heavy atom. The van der Waals surface area contributed by atoms with Crippen LogP contribution in [0.25, 0.3) is 5.69 Å². The Kier molecular flexibility index (Phi) is 5.77. The van der Waals surface area contributed by atoms with E-state index in [1.54, 1.807) is 23.7 Å². The fourth-order valence-corrected chi connectivity index (χ4v) is 3.29. The summed E-state index contributed by atoms with van der Waals surface area (Å²) in [7, 11) is 0. The number of rotatable bonds is 5. The molecule has 3 rings (SSSR count). The molecule has 0 atom stereocenters. The number of hydrogen-bond donors (Lipinski definition) is 2. The van der Waals surface area contributed by atoms with Crippen molar-refractivity contribution in [2.75, 3.05) is 11.9 Å². The van der Waals surface area contributed by atoms with Crippen molar-refractivity contribution >= 4 is 17.5 Å². The zero-order valence-corrected chi connectivity index (χ0v) is 16.8.